The molecule has 1 amide bonds. The van der Waals surface area contributed by atoms with Crippen LogP contribution in [-0.2, 0) is 0 Å². The van der Waals surface area contributed by atoms with Gasteiger partial charge in [-0.05, 0) is 60.5 Å². The molecule has 0 aliphatic carbocycles. The molecule has 0 fully saturated rings. The summed E-state index contributed by atoms with van der Waals surface area (Å²) < 4.78 is 0. The van der Waals surface area contributed by atoms with Crippen LogP contribution in [0.4, 0.5) is 11.4 Å². The number of rotatable bonds is 6. The third-order valence-corrected chi connectivity index (χ3v) is 6.96. The smallest absolute Gasteiger partial charge is 0.335 e. The molecule has 196 valence electrons. The Kier molecular flexibility index (Phi) is 6.92. The second kappa shape index (κ2) is 10.5. The Hall–Kier alpha value is -4.87. The highest BCUT2D eigenvalue weighted by Gasteiger charge is 2.26. The van der Waals surface area contributed by atoms with E-state index in [1.807, 2.05) is 54.4 Å². The number of aromatic hydroxyl groups is 1. The summed E-state index contributed by atoms with van der Waals surface area (Å²) in [5.41, 5.74) is 3.46. The molecule has 1 heterocycles. The number of hydrogen-bond donors (Lipinski definition) is 5. The zero-order chi connectivity index (χ0) is 27.7. The lowest BCUT2D eigenvalue weighted by atomic mass is 10.0. The number of carbonyl (C=O) groups is 3. The first-order valence-corrected chi connectivity index (χ1v) is 12.6. The van der Waals surface area contributed by atoms with E-state index in [0.29, 0.717) is 20.8 Å². The van der Waals surface area contributed by atoms with Crippen LogP contribution < -0.4 is 15.8 Å². The van der Waals surface area contributed by atoms with Crippen LogP contribution in [0.5, 0.6) is 5.75 Å². The number of para-hydroxylation sites is 1. The fourth-order valence-electron chi connectivity index (χ4n) is 4.16. The van der Waals surface area contributed by atoms with Crippen LogP contribution in [0.15, 0.2) is 88.8 Å². The van der Waals surface area contributed by atoms with Gasteiger partial charge in [0, 0.05) is 16.0 Å². The van der Waals surface area contributed by atoms with Crippen molar-refractivity contribution < 1.29 is 29.7 Å². The number of fused-ring (bicyclic) bond motifs is 1. The van der Waals surface area contributed by atoms with E-state index < -0.39 is 17.8 Å². The van der Waals surface area contributed by atoms with Crippen molar-refractivity contribution in [2.45, 2.75) is 18.0 Å². The molecule has 0 saturated carbocycles. The van der Waals surface area contributed by atoms with Gasteiger partial charge in [-0.2, -0.15) is 0 Å². The Balaban J connectivity index is 1.54. The second-order valence-corrected chi connectivity index (χ2v) is 9.68. The van der Waals surface area contributed by atoms with Crippen LogP contribution in [0, 0.1) is 0 Å². The summed E-state index contributed by atoms with van der Waals surface area (Å²) in [6.07, 6.45) is -0.191. The SMILES string of the molecule is C[C@H]1N=C(Sc2cc(C(=O)Nc3cc(C(=O)O)cc(C(=O)O)c3)c(O)c3ccccc23)N(c2ccccc2)N1. The molecule has 11 heteroatoms. The maximum atomic E-state index is 13.3. The number of hydrogen-bond acceptors (Lipinski definition) is 8. The van der Waals surface area contributed by atoms with E-state index in [-0.39, 0.29) is 34.3 Å². The molecule has 0 aromatic heterocycles. The van der Waals surface area contributed by atoms with Crippen molar-refractivity contribution in [1.82, 2.24) is 5.43 Å². The topological polar surface area (TPSA) is 152 Å². The van der Waals surface area contributed by atoms with Crippen LogP contribution in [0.3, 0.4) is 0 Å². The van der Waals surface area contributed by atoms with Gasteiger partial charge in [-0.1, -0.05) is 42.5 Å². The average molecular weight is 543 g/mol. The van der Waals surface area contributed by atoms with Gasteiger partial charge >= 0.3 is 11.9 Å². The molecule has 1 aliphatic heterocycles. The third kappa shape index (κ3) is 5.26. The van der Waals surface area contributed by atoms with Gasteiger partial charge in [0.25, 0.3) is 5.91 Å². The van der Waals surface area contributed by atoms with E-state index in [1.54, 1.807) is 12.1 Å². The van der Waals surface area contributed by atoms with Gasteiger partial charge < -0.3 is 20.6 Å². The number of benzene rings is 4. The van der Waals surface area contributed by atoms with Crippen LogP contribution in [0.1, 0.15) is 38.0 Å². The molecule has 0 spiro atoms. The molecule has 5 N–H and O–H groups in total. The molecule has 0 saturated heterocycles. The fourth-order valence-corrected chi connectivity index (χ4v) is 5.28. The Morgan fingerprint density at radius 1 is 0.897 bits per heavy atom. The Morgan fingerprint density at radius 2 is 1.51 bits per heavy atom. The molecule has 4 aromatic rings. The summed E-state index contributed by atoms with van der Waals surface area (Å²) in [6.45, 7) is 1.91. The molecule has 0 radical (unpaired) electrons. The Morgan fingerprint density at radius 3 is 2.15 bits per heavy atom. The van der Waals surface area contributed by atoms with Crippen molar-refractivity contribution in [3.8, 4) is 5.75 Å². The number of nitrogens with one attached hydrogen (secondary N) is 2. The van der Waals surface area contributed by atoms with Crippen molar-refractivity contribution >= 4 is 56.9 Å². The molecular formula is C28H22N4O6S. The number of phenolic OH excluding ortho intramolecular Hbond substituents is 1. The van der Waals surface area contributed by atoms with Crippen molar-refractivity contribution in [2.75, 3.05) is 10.3 Å². The second-order valence-electron chi connectivity index (χ2n) is 8.67. The first kappa shape index (κ1) is 25.8. The number of nitrogens with zero attached hydrogens (tertiary/aromatic N) is 2. The highest BCUT2D eigenvalue weighted by Crippen LogP contribution is 2.39. The number of amidine groups is 1. The minimum Gasteiger partial charge on any atom is -0.506 e. The van der Waals surface area contributed by atoms with E-state index in [0.717, 1.165) is 23.9 Å². The number of aliphatic imine (C=N–C) groups is 1. The first-order chi connectivity index (χ1) is 18.7. The van der Waals surface area contributed by atoms with Crippen LogP contribution in [0.2, 0.25) is 0 Å². The lowest BCUT2D eigenvalue weighted by molar-refractivity contribution is 0.0696. The fraction of sp³-hybridized carbons (Fsp3) is 0.0714. The van der Waals surface area contributed by atoms with Crippen molar-refractivity contribution in [1.29, 1.82) is 0 Å². The summed E-state index contributed by atoms with van der Waals surface area (Å²) in [7, 11) is 0. The number of carboxylic acid groups (broad SMARTS) is 2. The predicted molar refractivity (Wildman–Crippen MR) is 149 cm³/mol. The standard InChI is InChI=1S/C28H22N4O6S/c1-15-29-28(32(31-15)19-7-3-2-4-8-19)39-23-14-22(24(33)21-10-6-5-9-20(21)23)25(34)30-18-12-16(26(35)36)11-17(13-18)27(37)38/h2-15,31,33H,1H3,(H,30,34)(H,35,36)(H,37,38)/t15-/m0/s1. The van der Waals surface area contributed by atoms with Crippen LogP contribution >= 0.6 is 11.8 Å². The first-order valence-electron chi connectivity index (χ1n) is 11.8. The molecule has 0 unspecified atom stereocenters. The lowest BCUT2D eigenvalue weighted by Crippen LogP contribution is -2.38. The number of anilines is 2. The van der Waals surface area contributed by atoms with Crippen molar-refractivity contribution in [2.24, 2.45) is 4.99 Å². The van der Waals surface area contributed by atoms with Gasteiger partial charge in [0.15, 0.2) is 5.17 Å². The highest BCUT2D eigenvalue weighted by atomic mass is 32.2. The molecular weight excluding hydrogens is 520 g/mol. The minimum atomic E-state index is -1.34. The third-order valence-electron chi connectivity index (χ3n) is 5.93. The van der Waals surface area contributed by atoms with Gasteiger partial charge in [0.05, 0.1) is 22.4 Å². The summed E-state index contributed by atoms with van der Waals surface area (Å²) in [4.78, 5) is 41.6. The highest BCUT2D eigenvalue weighted by molar-refractivity contribution is 8.14. The molecule has 0 bridgehead atoms. The Labute approximate surface area is 226 Å². The molecule has 1 atom stereocenters. The molecule has 10 nitrogen and oxygen atoms in total. The van der Waals surface area contributed by atoms with Crippen LogP contribution in [0.25, 0.3) is 10.8 Å². The number of thioether (sulfide) groups is 1. The van der Waals surface area contributed by atoms with Crippen LogP contribution in [-0.4, -0.2) is 44.5 Å². The maximum Gasteiger partial charge on any atom is 0.335 e. The Bertz CT molecular complexity index is 1620. The number of carboxylic acids is 2. The minimum absolute atomic E-state index is 0.0347. The molecule has 39 heavy (non-hydrogen) atoms. The number of phenols is 1. The van der Waals surface area contributed by atoms with Gasteiger partial charge in [-0.15, -0.1) is 0 Å². The van der Waals surface area contributed by atoms with Gasteiger partial charge in [-0.25, -0.2) is 20.0 Å². The molecule has 4 aromatic carbocycles. The largest absolute Gasteiger partial charge is 0.506 e. The summed E-state index contributed by atoms with van der Waals surface area (Å²) in [5.74, 6) is -3.69. The molecule has 5 rings (SSSR count). The summed E-state index contributed by atoms with van der Waals surface area (Å²) >= 11 is 1.31. The number of carbonyl (C=O) groups excluding carboxylic acids is 1. The van der Waals surface area contributed by atoms with Gasteiger partial charge in [0.1, 0.15) is 11.9 Å². The number of aromatic carboxylic acids is 2. The van der Waals surface area contributed by atoms with Crippen molar-refractivity contribution in [3.05, 3.63) is 95.6 Å². The average Bonchev–Trinajstić information content (AvgIpc) is 3.30. The monoisotopic (exact) mass is 542 g/mol. The van der Waals surface area contributed by atoms with E-state index in [9.17, 15) is 29.7 Å². The van der Waals surface area contributed by atoms with Gasteiger partial charge in [-0.3, -0.25) is 9.80 Å². The summed E-state index contributed by atoms with van der Waals surface area (Å²) in [5, 5.41) is 35.9. The number of amides is 1. The molecule has 1 aliphatic rings. The van der Waals surface area contributed by atoms with E-state index in [2.05, 4.69) is 15.7 Å². The zero-order valence-electron chi connectivity index (χ0n) is 20.5. The predicted octanol–water partition coefficient (Wildman–Crippen LogP) is 5.01. The quantitative estimate of drug-likeness (QED) is 0.226. The van der Waals surface area contributed by atoms with Gasteiger partial charge in [0.2, 0.25) is 0 Å². The maximum absolute atomic E-state index is 13.3. The van der Waals surface area contributed by atoms with Crippen molar-refractivity contribution in [3.63, 3.8) is 0 Å². The summed E-state index contributed by atoms with van der Waals surface area (Å²) in [6, 6.07) is 21.5. The zero-order valence-corrected chi connectivity index (χ0v) is 21.3. The lowest BCUT2D eigenvalue weighted by Gasteiger charge is -2.21. The van der Waals surface area contributed by atoms with E-state index >= 15 is 0 Å². The normalized spacial score (nSPS) is 14.7. The number of hydrazine groups is 1. The van der Waals surface area contributed by atoms with E-state index in [4.69, 9.17) is 0 Å². The van der Waals surface area contributed by atoms with E-state index in [1.165, 1.54) is 17.8 Å².